The summed E-state index contributed by atoms with van der Waals surface area (Å²) in [6.07, 6.45) is 6.50. The number of carbonyl (C=O) groups excluding carboxylic acids is 1. The molecule has 1 aromatic heterocycles. The maximum Gasteiger partial charge on any atom is 0.278 e. The Balaban J connectivity index is 1.74. The average molecular weight is 345 g/mol. The molecule has 1 aromatic rings. The lowest BCUT2D eigenvalue weighted by Crippen LogP contribution is -2.63. The number of aromatic hydroxyl groups is 1. The number of morpholine rings is 1. The van der Waals surface area contributed by atoms with Gasteiger partial charge >= 0.3 is 0 Å². The van der Waals surface area contributed by atoms with Gasteiger partial charge in [0, 0.05) is 18.8 Å². The highest BCUT2D eigenvalue weighted by Gasteiger charge is 2.42. The highest BCUT2D eigenvalue weighted by molar-refractivity contribution is 8.04. The minimum absolute atomic E-state index is 0.0409. The van der Waals surface area contributed by atoms with Crippen molar-refractivity contribution in [2.24, 2.45) is 0 Å². The van der Waals surface area contributed by atoms with E-state index in [1.807, 2.05) is 29.0 Å². The van der Waals surface area contributed by atoms with Crippen molar-refractivity contribution in [3.05, 3.63) is 62.8 Å². The highest BCUT2D eigenvalue weighted by atomic mass is 32.2. The molecule has 0 bridgehead atoms. The first kappa shape index (κ1) is 15.1. The molecule has 7 nitrogen and oxygen atoms in total. The van der Waals surface area contributed by atoms with E-state index < -0.39 is 17.3 Å². The summed E-state index contributed by atoms with van der Waals surface area (Å²) in [6, 6.07) is 1.22. The van der Waals surface area contributed by atoms with E-state index in [2.05, 4.69) is 5.43 Å². The number of nitrogens with one attached hydrogen (secondary N) is 1. The van der Waals surface area contributed by atoms with E-state index in [-0.39, 0.29) is 17.7 Å². The minimum atomic E-state index is -0.573. The average Bonchev–Trinajstić information content (AvgIpc) is 2.87. The van der Waals surface area contributed by atoms with Gasteiger partial charge in [-0.05, 0) is 16.4 Å². The van der Waals surface area contributed by atoms with Crippen molar-refractivity contribution in [2.75, 3.05) is 18.6 Å². The molecule has 4 rings (SSSR count). The van der Waals surface area contributed by atoms with Crippen LogP contribution < -0.4 is 10.9 Å². The van der Waals surface area contributed by atoms with E-state index in [1.54, 1.807) is 16.7 Å². The molecule has 0 radical (unpaired) electrons. The fraction of sp³-hybridized carbons (Fsp3) is 0.250. The second-order valence-corrected chi connectivity index (χ2v) is 6.33. The summed E-state index contributed by atoms with van der Waals surface area (Å²) in [7, 11) is 0. The number of thioether (sulfide) groups is 1. The van der Waals surface area contributed by atoms with E-state index in [0.29, 0.717) is 13.2 Å². The molecule has 0 saturated carbocycles. The Morgan fingerprint density at radius 3 is 3.08 bits per heavy atom. The molecule has 2 unspecified atom stereocenters. The summed E-state index contributed by atoms with van der Waals surface area (Å²) in [5, 5.41) is 13.9. The molecule has 1 fully saturated rings. The zero-order valence-electron chi connectivity index (χ0n) is 12.6. The van der Waals surface area contributed by atoms with Crippen molar-refractivity contribution in [3.8, 4) is 5.75 Å². The summed E-state index contributed by atoms with van der Waals surface area (Å²) < 4.78 is 7.30. The number of carbonyl (C=O) groups is 1. The third kappa shape index (κ3) is 2.35. The molecular weight excluding hydrogens is 330 g/mol. The highest BCUT2D eigenvalue weighted by Crippen LogP contribution is 2.29. The number of hydrogen-bond donors (Lipinski definition) is 2. The summed E-state index contributed by atoms with van der Waals surface area (Å²) in [6.45, 7) is 0.771. The van der Waals surface area contributed by atoms with Gasteiger partial charge < -0.3 is 20.2 Å². The number of rotatable bonds is 1. The van der Waals surface area contributed by atoms with Crippen molar-refractivity contribution in [2.45, 2.75) is 12.3 Å². The zero-order chi connectivity index (χ0) is 16.7. The maximum absolute atomic E-state index is 12.8. The van der Waals surface area contributed by atoms with Crippen molar-refractivity contribution < 1.29 is 14.6 Å². The Labute approximate surface area is 141 Å². The number of nitrogens with zero attached hydrogens (tertiary/aromatic N) is 2. The topological polar surface area (TPSA) is 83.8 Å². The van der Waals surface area contributed by atoms with Crippen LogP contribution in [0, 0.1) is 0 Å². The standard InChI is InChI=1S/C16H15N3O4S/c20-11-4-5-19-12(13(11)21)16(22)18-6-7-23-14(15(18)17-19)10-3-1-2-8-24-9-10/h1-5,8-9,14-15,17,21H,6-7H2. The quantitative estimate of drug-likeness (QED) is 0.789. The van der Waals surface area contributed by atoms with Crippen LogP contribution in [0.3, 0.4) is 0 Å². The summed E-state index contributed by atoms with van der Waals surface area (Å²) in [5.41, 5.74) is 3.50. The van der Waals surface area contributed by atoms with E-state index in [1.165, 1.54) is 16.9 Å². The van der Waals surface area contributed by atoms with Gasteiger partial charge in [0.05, 0.1) is 6.61 Å². The third-order valence-corrected chi connectivity index (χ3v) is 4.87. The molecule has 124 valence electrons. The van der Waals surface area contributed by atoms with E-state index in [4.69, 9.17) is 4.74 Å². The SMILES string of the molecule is O=C1c2c(O)c(=O)ccn2NC2C(C3=CSC=CC=C3)OCCN12. The molecule has 0 spiro atoms. The Hall–Kier alpha value is -2.45. The normalized spacial score (nSPS) is 25.4. The molecule has 1 saturated heterocycles. The molecular formula is C16H15N3O4S. The van der Waals surface area contributed by atoms with Gasteiger partial charge in [-0.15, -0.1) is 11.8 Å². The van der Waals surface area contributed by atoms with Crippen LogP contribution in [-0.4, -0.2) is 46.0 Å². The number of allylic oxidation sites excluding steroid dienone is 2. The van der Waals surface area contributed by atoms with Gasteiger partial charge in [-0.3, -0.25) is 14.3 Å². The van der Waals surface area contributed by atoms with E-state index >= 15 is 0 Å². The lowest BCUT2D eigenvalue weighted by Gasteiger charge is -2.45. The smallest absolute Gasteiger partial charge is 0.278 e. The van der Waals surface area contributed by atoms with Gasteiger partial charge in [0.1, 0.15) is 12.3 Å². The van der Waals surface area contributed by atoms with Crippen LogP contribution in [-0.2, 0) is 4.74 Å². The molecule has 0 aromatic carbocycles. The van der Waals surface area contributed by atoms with Crippen molar-refractivity contribution >= 4 is 17.7 Å². The van der Waals surface area contributed by atoms with Crippen molar-refractivity contribution in [1.29, 1.82) is 0 Å². The van der Waals surface area contributed by atoms with Crippen LogP contribution in [0.4, 0.5) is 0 Å². The van der Waals surface area contributed by atoms with Crippen LogP contribution in [0.1, 0.15) is 10.5 Å². The molecule has 1 amide bonds. The summed E-state index contributed by atoms with van der Waals surface area (Å²) >= 11 is 1.54. The Morgan fingerprint density at radius 1 is 1.33 bits per heavy atom. The maximum atomic E-state index is 12.8. The molecule has 2 N–H and O–H groups in total. The Kier molecular flexibility index (Phi) is 3.70. The van der Waals surface area contributed by atoms with Crippen LogP contribution in [0.15, 0.2) is 51.7 Å². The molecule has 24 heavy (non-hydrogen) atoms. The molecule has 2 atom stereocenters. The van der Waals surface area contributed by atoms with Crippen LogP contribution in [0.25, 0.3) is 0 Å². The lowest BCUT2D eigenvalue weighted by molar-refractivity contribution is -0.0397. The van der Waals surface area contributed by atoms with E-state index in [9.17, 15) is 14.7 Å². The van der Waals surface area contributed by atoms with Gasteiger partial charge in [0.15, 0.2) is 11.4 Å². The largest absolute Gasteiger partial charge is 0.502 e. The number of aromatic nitrogens is 1. The minimum Gasteiger partial charge on any atom is -0.502 e. The first-order chi connectivity index (χ1) is 11.7. The van der Waals surface area contributed by atoms with Crippen molar-refractivity contribution in [1.82, 2.24) is 9.58 Å². The first-order valence-electron chi connectivity index (χ1n) is 7.49. The number of ether oxygens (including phenoxy) is 1. The third-order valence-electron chi connectivity index (χ3n) is 4.15. The predicted octanol–water partition coefficient (Wildman–Crippen LogP) is 0.979. The Morgan fingerprint density at radius 2 is 2.21 bits per heavy atom. The number of amides is 1. The molecule has 3 aliphatic heterocycles. The van der Waals surface area contributed by atoms with Gasteiger partial charge in [0.25, 0.3) is 5.91 Å². The monoisotopic (exact) mass is 345 g/mol. The van der Waals surface area contributed by atoms with Gasteiger partial charge in [-0.25, -0.2) is 0 Å². The summed E-state index contributed by atoms with van der Waals surface area (Å²) in [5.74, 6) is -0.920. The van der Waals surface area contributed by atoms with Gasteiger partial charge in [0.2, 0.25) is 5.43 Å². The first-order valence-corrected chi connectivity index (χ1v) is 8.43. The number of pyridine rings is 1. The number of hydrogen-bond acceptors (Lipinski definition) is 6. The molecule has 0 aliphatic carbocycles. The fourth-order valence-electron chi connectivity index (χ4n) is 3.01. The van der Waals surface area contributed by atoms with Crippen LogP contribution in [0.5, 0.6) is 5.75 Å². The van der Waals surface area contributed by atoms with Crippen LogP contribution in [0.2, 0.25) is 0 Å². The second-order valence-electron chi connectivity index (χ2n) is 5.55. The fourth-order valence-corrected chi connectivity index (χ4v) is 3.64. The predicted molar refractivity (Wildman–Crippen MR) is 90.2 cm³/mol. The van der Waals surface area contributed by atoms with Crippen LogP contribution >= 0.6 is 11.8 Å². The summed E-state index contributed by atoms with van der Waals surface area (Å²) in [4.78, 5) is 26.0. The molecule has 8 heteroatoms. The lowest BCUT2D eigenvalue weighted by atomic mass is 10.0. The van der Waals surface area contributed by atoms with Gasteiger partial charge in [-0.1, -0.05) is 18.2 Å². The molecule has 3 aliphatic rings. The Bertz CT molecular complexity index is 842. The zero-order valence-corrected chi connectivity index (χ0v) is 13.4. The van der Waals surface area contributed by atoms with E-state index in [0.717, 1.165) is 5.57 Å². The van der Waals surface area contributed by atoms with Crippen molar-refractivity contribution in [3.63, 3.8) is 0 Å². The second kappa shape index (κ2) is 5.88. The number of fused-ring (bicyclic) bond motifs is 2. The van der Waals surface area contributed by atoms with Gasteiger partial charge in [-0.2, -0.15) is 0 Å². The molecule has 4 heterocycles.